The van der Waals surface area contributed by atoms with Crippen LogP contribution in [0.5, 0.6) is 0 Å². The van der Waals surface area contributed by atoms with Crippen LogP contribution in [0.3, 0.4) is 0 Å². The van der Waals surface area contributed by atoms with Gasteiger partial charge in [-0.25, -0.2) is 4.39 Å². The van der Waals surface area contributed by atoms with Gasteiger partial charge in [0.15, 0.2) is 0 Å². The van der Waals surface area contributed by atoms with E-state index < -0.39 is 0 Å². The Kier molecular flexibility index (Phi) is 6.50. The van der Waals surface area contributed by atoms with Crippen LogP contribution >= 0.6 is 11.6 Å². The van der Waals surface area contributed by atoms with Gasteiger partial charge in [-0.05, 0) is 42.7 Å². The van der Waals surface area contributed by atoms with Crippen LogP contribution in [-0.4, -0.2) is 40.1 Å². The number of furan rings is 1. The van der Waals surface area contributed by atoms with Crippen molar-refractivity contribution in [2.45, 2.75) is 38.4 Å². The lowest BCUT2D eigenvalue weighted by Crippen LogP contribution is -2.43. The highest BCUT2D eigenvalue weighted by molar-refractivity contribution is 6.18. The standard InChI is InChI=1S/C20H22ClFN2O3/c21-10-9-19(25)24(17-7-8-17)14-20(26)23(13-18-2-1-11-27-18)12-15-3-5-16(22)6-4-15/h1-6,11,17H,7-10,12-14H2. The van der Waals surface area contributed by atoms with Crippen LogP contribution in [0.2, 0.25) is 0 Å². The third-order valence-corrected chi connectivity index (χ3v) is 4.68. The molecule has 0 unspecified atom stereocenters. The van der Waals surface area contributed by atoms with Gasteiger partial charge in [0.1, 0.15) is 18.1 Å². The number of hydrogen-bond donors (Lipinski definition) is 0. The topological polar surface area (TPSA) is 53.8 Å². The fraction of sp³-hybridized carbons (Fsp3) is 0.400. The van der Waals surface area contributed by atoms with Gasteiger partial charge in [-0.1, -0.05) is 12.1 Å². The second-order valence-electron chi connectivity index (χ2n) is 6.65. The van der Waals surface area contributed by atoms with Crippen molar-refractivity contribution in [1.29, 1.82) is 0 Å². The number of halogens is 2. The molecule has 1 fully saturated rings. The summed E-state index contributed by atoms with van der Waals surface area (Å²) in [6, 6.07) is 9.71. The van der Waals surface area contributed by atoms with Crippen molar-refractivity contribution >= 4 is 23.4 Å². The third kappa shape index (κ3) is 5.57. The normalized spacial score (nSPS) is 13.4. The molecule has 1 aromatic carbocycles. The van der Waals surface area contributed by atoms with E-state index in [0.717, 1.165) is 18.4 Å². The Labute approximate surface area is 162 Å². The summed E-state index contributed by atoms with van der Waals surface area (Å²) in [6.45, 7) is 0.607. The van der Waals surface area contributed by atoms with Gasteiger partial charge in [-0.15, -0.1) is 11.6 Å². The van der Waals surface area contributed by atoms with Crippen molar-refractivity contribution < 1.29 is 18.4 Å². The summed E-state index contributed by atoms with van der Waals surface area (Å²) in [5.41, 5.74) is 0.807. The van der Waals surface area contributed by atoms with Crippen LogP contribution in [0, 0.1) is 5.82 Å². The average molecular weight is 393 g/mol. The Morgan fingerprint density at radius 2 is 1.85 bits per heavy atom. The lowest BCUT2D eigenvalue weighted by atomic mass is 10.2. The van der Waals surface area contributed by atoms with Gasteiger partial charge in [-0.3, -0.25) is 9.59 Å². The van der Waals surface area contributed by atoms with Crippen LogP contribution in [0.4, 0.5) is 4.39 Å². The van der Waals surface area contributed by atoms with Crippen LogP contribution in [0.15, 0.2) is 47.1 Å². The zero-order chi connectivity index (χ0) is 19.2. The predicted octanol–water partition coefficient (Wildman–Crippen LogP) is 3.57. The van der Waals surface area contributed by atoms with Crippen LogP contribution in [-0.2, 0) is 22.7 Å². The van der Waals surface area contributed by atoms with Gasteiger partial charge in [-0.2, -0.15) is 0 Å². The maximum absolute atomic E-state index is 13.2. The van der Waals surface area contributed by atoms with Crippen LogP contribution in [0.25, 0.3) is 0 Å². The van der Waals surface area contributed by atoms with E-state index in [4.69, 9.17) is 16.0 Å². The molecule has 2 amide bonds. The van der Waals surface area contributed by atoms with E-state index in [1.165, 1.54) is 12.1 Å². The van der Waals surface area contributed by atoms with E-state index >= 15 is 0 Å². The first-order chi connectivity index (χ1) is 13.1. The Morgan fingerprint density at radius 1 is 1.11 bits per heavy atom. The molecule has 3 rings (SSSR count). The fourth-order valence-electron chi connectivity index (χ4n) is 2.91. The molecule has 0 spiro atoms. The summed E-state index contributed by atoms with van der Waals surface area (Å²) in [6.07, 6.45) is 3.60. The number of nitrogens with zero attached hydrogens (tertiary/aromatic N) is 2. The van der Waals surface area contributed by atoms with Crippen molar-refractivity contribution in [2.24, 2.45) is 0 Å². The lowest BCUT2D eigenvalue weighted by Gasteiger charge is -2.27. The summed E-state index contributed by atoms with van der Waals surface area (Å²) in [5, 5.41) is 0. The molecule has 1 aromatic heterocycles. The Morgan fingerprint density at radius 3 is 2.44 bits per heavy atom. The SMILES string of the molecule is O=C(CN(C(=O)CCCl)C1CC1)N(Cc1ccc(F)cc1)Cc1ccco1. The summed E-state index contributed by atoms with van der Waals surface area (Å²) in [7, 11) is 0. The van der Waals surface area contributed by atoms with E-state index in [2.05, 4.69) is 0 Å². The monoisotopic (exact) mass is 392 g/mol. The average Bonchev–Trinajstić information content (AvgIpc) is 3.36. The summed E-state index contributed by atoms with van der Waals surface area (Å²) < 4.78 is 18.5. The predicted molar refractivity (Wildman–Crippen MR) is 99.4 cm³/mol. The van der Waals surface area contributed by atoms with E-state index in [1.54, 1.807) is 40.3 Å². The van der Waals surface area contributed by atoms with Gasteiger partial charge in [0.2, 0.25) is 11.8 Å². The number of rotatable bonds is 9. The highest BCUT2D eigenvalue weighted by atomic mass is 35.5. The first-order valence-electron chi connectivity index (χ1n) is 8.97. The zero-order valence-corrected chi connectivity index (χ0v) is 15.7. The zero-order valence-electron chi connectivity index (χ0n) is 14.9. The molecule has 1 heterocycles. The van der Waals surface area contributed by atoms with E-state index in [9.17, 15) is 14.0 Å². The third-order valence-electron chi connectivity index (χ3n) is 4.49. The number of benzene rings is 1. The number of carbonyl (C=O) groups excluding carboxylic acids is 2. The van der Waals surface area contributed by atoms with Crippen molar-refractivity contribution in [3.05, 3.63) is 59.8 Å². The number of hydrogen-bond acceptors (Lipinski definition) is 3. The van der Waals surface area contributed by atoms with Gasteiger partial charge < -0.3 is 14.2 Å². The molecule has 1 aliphatic rings. The molecule has 0 atom stereocenters. The molecule has 2 aromatic rings. The maximum Gasteiger partial charge on any atom is 0.242 e. The largest absolute Gasteiger partial charge is 0.467 e. The minimum Gasteiger partial charge on any atom is -0.467 e. The Balaban J connectivity index is 1.72. The molecule has 5 nitrogen and oxygen atoms in total. The summed E-state index contributed by atoms with van der Waals surface area (Å²) in [4.78, 5) is 28.5. The molecule has 27 heavy (non-hydrogen) atoms. The van der Waals surface area contributed by atoms with Gasteiger partial charge in [0.25, 0.3) is 0 Å². The Bertz CT molecular complexity index is 760. The van der Waals surface area contributed by atoms with E-state index in [-0.39, 0.29) is 49.1 Å². The first-order valence-corrected chi connectivity index (χ1v) is 9.50. The smallest absolute Gasteiger partial charge is 0.242 e. The van der Waals surface area contributed by atoms with Gasteiger partial charge in [0.05, 0.1) is 12.8 Å². The quantitative estimate of drug-likeness (QED) is 0.613. The molecule has 1 aliphatic carbocycles. The molecular formula is C20H22ClFN2O3. The molecule has 7 heteroatoms. The first kappa shape index (κ1) is 19.4. The number of alkyl halides is 1. The van der Waals surface area contributed by atoms with E-state index in [1.807, 2.05) is 0 Å². The summed E-state index contributed by atoms with van der Waals surface area (Å²) >= 11 is 5.69. The Hall–Kier alpha value is -2.34. The molecule has 1 saturated carbocycles. The van der Waals surface area contributed by atoms with Crippen molar-refractivity contribution in [1.82, 2.24) is 9.80 Å². The van der Waals surface area contributed by atoms with Gasteiger partial charge in [0, 0.05) is 24.9 Å². The van der Waals surface area contributed by atoms with E-state index in [0.29, 0.717) is 12.3 Å². The molecule has 0 radical (unpaired) electrons. The van der Waals surface area contributed by atoms with Crippen molar-refractivity contribution in [2.75, 3.05) is 12.4 Å². The maximum atomic E-state index is 13.2. The highest BCUT2D eigenvalue weighted by Crippen LogP contribution is 2.27. The molecule has 144 valence electrons. The fourth-order valence-corrected chi connectivity index (χ4v) is 3.07. The van der Waals surface area contributed by atoms with Crippen molar-refractivity contribution in [3.8, 4) is 0 Å². The molecule has 0 saturated heterocycles. The molecule has 0 aliphatic heterocycles. The molecular weight excluding hydrogens is 371 g/mol. The second-order valence-corrected chi connectivity index (χ2v) is 7.03. The summed E-state index contributed by atoms with van der Waals surface area (Å²) in [5.74, 6) is 0.290. The van der Waals surface area contributed by atoms with Crippen molar-refractivity contribution in [3.63, 3.8) is 0 Å². The minimum absolute atomic E-state index is 0.0162. The van der Waals surface area contributed by atoms with Gasteiger partial charge >= 0.3 is 0 Å². The molecule has 0 bridgehead atoms. The minimum atomic E-state index is -0.325. The highest BCUT2D eigenvalue weighted by Gasteiger charge is 2.34. The van der Waals surface area contributed by atoms with Crippen LogP contribution < -0.4 is 0 Å². The number of amides is 2. The number of carbonyl (C=O) groups is 2. The lowest BCUT2D eigenvalue weighted by molar-refractivity contribution is -0.141. The molecule has 0 N–H and O–H groups in total. The van der Waals surface area contributed by atoms with Crippen LogP contribution in [0.1, 0.15) is 30.6 Å². The second kappa shape index (κ2) is 9.04.